The number of benzene rings is 1. The lowest BCUT2D eigenvalue weighted by Crippen LogP contribution is -2.29. The fourth-order valence-corrected chi connectivity index (χ4v) is 3.64. The first kappa shape index (κ1) is 13.5. The molecule has 18 heavy (non-hydrogen) atoms. The number of nitriles is 1. The van der Waals surface area contributed by atoms with Crippen LogP contribution in [-0.2, 0) is 10.8 Å². The van der Waals surface area contributed by atoms with E-state index in [1.54, 1.807) is 12.1 Å². The van der Waals surface area contributed by atoms with Gasteiger partial charge in [-0.1, -0.05) is 0 Å². The first-order valence-electron chi connectivity index (χ1n) is 5.61. The normalized spacial score (nSPS) is 23.4. The van der Waals surface area contributed by atoms with Crippen molar-refractivity contribution >= 4 is 32.4 Å². The summed E-state index contributed by atoms with van der Waals surface area (Å²) < 4.78 is 25.4. The van der Waals surface area contributed by atoms with Gasteiger partial charge in [0.1, 0.15) is 6.07 Å². The van der Waals surface area contributed by atoms with Crippen LogP contribution in [0.5, 0.6) is 0 Å². The van der Waals surface area contributed by atoms with Gasteiger partial charge in [0, 0.05) is 28.3 Å². The average Bonchev–Trinajstić information content (AvgIpc) is 2.38. The molecule has 3 nitrogen and oxygen atoms in total. The Morgan fingerprint density at radius 3 is 2.72 bits per heavy atom. The molecule has 0 amide bonds. The molecule has 0 bridgehead atoms. The predicted molar refractivity (Wildman–Crippen MR) is 73.3 cm³/mol. The van der Waals surface area contributed by atoms with E-state index in [9.17, 15) is 8.60 Å². The van der Waals surface area contributed by atoms with Crippen LogP contribution in [0.25, 0.3) is 0 Å². The van der Waals surface area contributed by atoms with Crippen LogP contribution in [0.1, 0.15) is 18.4 Å². The number of rotatable bonds is 2. The molecule has 6 heteroatoms. The topological polar surface area (TPSA) is 52.9 Å². The van der Waals surface area contributed by atoms with Crippen LogP contribution in [0.4, 0.5) is 10.1 Å². The van der Waals surface area contributed by atoms with E-state index in [-0.39, 0.29) is 16.1 Å². The molecule has 1 aromatic carbocycles. The third-order valence-electron chi connectivity index (χ3n) is 2.95. The van der Waals surface area contributed by atoms with Gasteiger partial charge < -0.3 is 5.32 Å². The van der Waals surface area contributed by atoms with Crippen molar-refractivity contribution in [3.63, 3.8) is 0 Å². The van der Waals surface area contributed by atoms with E-state index in [1.807, 2.05) is 6.07 Å². The third-order valence-corrected chi connectivity index (χ3v) is 5.11. The van der Waals surface area contributed by atoms with Gasteiger partial charge in [0.2, 0.25) is 0 Å². The maximum atomic E-state index is 14.0. The van der Waals surface area contributed by atoms with Crippen molar-refractivity contribution in [1.29, 1.82) is 5.26 Å². The Morgan fingerprint density at radius 2 is 2.11 bits per heavy atom. The van der Waals surface area contributed by atoms with Gasteiger partial charge in [0.25, 0.3) is 0 Å². The average molecular weight is 331 g/mol. The van der Waals surface area contributed by atoms with Crippen LogP contribution < -0.4 is 5.32 Å². The van der Waals surface area contributed by atoms with Crippen LogP contribution in [0, 0.1) is 17.1 Å². The van der Waals surface area contributed by atoms with Gasteiger partial charge in [-0.15, -0.1) is 0 Å². The molecule has 1 aliphatic heterocycles. The van der Waals surface area contributed by atoms with Crippen molar-refractivity contribution in [3.05, 3.63) is 28.0 Å². The van der Waals surface area contributed by atoms with E-state index in [1.165, 1.54) is 0 Å². The molecule has 1 aliphatic rings. The molecule has 96 valence electrons. The minimum absolute atomic E-state index is 0.150. The summed E-state index contributed by atoms with van der Waals surface area (Å²) in [6, 6.07) is 5.22. The van der Waals surface area contributed by atoms with Crippen molar-refractivity contribution in [2.45, 2.75) is 18.9 Å². The predicted octanol–water partition coefficient (Wildman–Crippen LogP) is 2.78. The molecule has 0 saturated carbocycles. The van der Waals surface area contributed by atoms with E-state index in [2.05, 4.69) is 21.2 Å². The Morgan fingerprint density at radius 1 is 1.44 bits per heavy atom. The van der Waals surface area contributed by atoms with Gasteiger partial charge in [-0.3, -0.25) is 4.21 Å². The van der Waals surface area contributed by atoms with Crippen molar-refractivity contribution in [1.82, 2.24) is 0 Å². The fourth-order valence-electron chi connectivity index (χ4n) is 1.91. The fraction of sp³-hybridized carbons (Fsp3) is 0.417. The number of anilines is 1. The Kier molecular flexibility index (Phi) is 4.36. The van der Waals surface area contributed by atoms with E-state index >= 15 is 0 Å². The van der Waals surface area contributed by atoms with E-state index < -0.39 is 16.6 Å². The van der Waals surface area contributed by atoms with E-state index in [0.29, 0.717) is 17.2 Å². The summed E-state index contributed by atoms with van der Waals surface area (Å²) in [6.07, 6.45) is 1.56. The zero-order valence-electron chi connectivity index (χ0n) is 9.58. The second-order valence-electron chi connectivity index (χ2n) is 4.17. The highest BCUT2D eigenvalue weighted by Gasteiger charge is 2.19. The molecule has 1 aromatic rings. The molecular weight excluding hydrogens is 319 g/mol. The van der Waals surface area contributed by atoms with Crippen molar-refractivity contribution in [3.8, 4) is 6.07 Å². The number of hydrogen-bond donors (Lipinski definition) is 1. The van der Waals surface area contributed by atoms with Crippen LogP contribution in [0.15, 0.2) is 16.6 Å². The summed E-state index contributed by atoms with van der Waals surface area (Å²) in [5.74, 6) is 0.883. The van der Waals surface area contributed by atoms with E-state index in [4.69, 9.17) is 5.26 Å². The van der Waals surface area contributed by atoms with Gasteiger partial charge in [0.15, 0.2) is 5.82 Å². The van der Waals surface area contributed by atoms with Crippen molar-refractivity contribution < 1.29 is 8.60 Å². The highest BCUT2D eigenvalue weighted by Crippen LogP contribution is 2.28. The molecule has 1 heterocycles. The standard InChI is InChI=1S/C12H12BrFN2OS/c13-11-8(7-15)1-2-10(12(11)14)16-9-3-5-18(17)6-4-9/h1-2,9,16H,3-6H2. The third kappa shape index (κ3) is 2.90. The Hall–Kier alpha value is -0.930. The van der Waals surface area contributed by atoms with Gasteiger partial charge in [-0.2, -0.15) is 5.26 Å². The first-order valence-corrected chi connectivity index (χ1v) is 7.89. The summed E-state index contributed by atoms with van der Waals surface area (Å²) >= 11 is 3.08. The molecule has 0 aromatic heterocycles. The largest absolute Gasteiger partial charge is 0.380 e. The smallest absolute Gasteiger partial charge is 0.161 e. The zero-order chi connectivity index (χ0) is 13.1. The maximum Gasteiger partial charge on any atom is 0.161 e. The number of halogens is 2. The van der Waals surface area contributed by atoms with Crippen LogP contribution in [-0.4, -0.2) is 21.8 Å². The molecular formula is C12H12BrFN2OS. The SMILES string of the molecule is N#Cc1ccc(NC2CCS(=O)CC2)c(F)c1Br. The Labute approximate surface area is 116 Å². The van der Waals surface area contributed by atoms with Crippen molar-refractivity contribution in [2.75, 3.05) is 16.8 Å². The van der Waals surface area contributed by atoms with Crippen LogP contribution in [0.3, 0.4) is 0 Å². The van der Waals surface area contributed by atoms with Gasteiger partial charge in [0.05, 0.1) is 15.7 Å². The lowest BCUT2D eigenvalue weighted by Gasteiger charge is -2.24. The molecule has 0 unspecified atom stereocenters. The molecule has 0 radical (unpaired) electrons. The molecule has 1 fully saturated rings. The summed E-state index contributed by atoms with van der Waals surface area (Å²) in [5, 5.41) is 11.9. The van der Waals surface area contributed by atoms with Gasteiger partial charge >= 0.3 is 0 Å². The minimum Gasteiger partial charge on any atom is -0.380 e. The van der Waals surface area contributed by atoms with Gasteiger partial charge in [-0.05, 0) is 40.9 Å². The maximum absolute atomic E-state index is 14.0. The molecule has 1 N–H and O–H groups in total. The van der Waals surface area contributed by atoms with E-state index in [0.717, 1.165) is 12.8 Å². The number of nitrogens with one attached hydrogen (secondary N) is 1. The zero-order valence-corrected chi connectivity index (χ0v) is 12.0. The summed E-state index contributed by atoms with van der Waals surface area (Å²) in [5.41, 5.74) is 0.668. The van der Waals surface area contributed by atoms with Crippen molar-refractivity contribution in [2.24, 2.45) is 0 Å². The monoisotopic (exact) mass is 330 g/mol. The van der Waals surface area contributed by atoms with Crippen LogP contribution >= 0.6 is 15.9 Å². The second kappa shape index (κ2) is 5.81. The van der Waals surface area contributed by atoms with Gasteiger partial charge in [-0.25, -0.2) is 4.39 Å². The molecule has 0 atom stereocenters. The highest BCUT2D eigenvalue weighted by molar-refractivity contribution is 9.10. The quantitative estimate of drug-likeness (QED) is 0.907. The highest BCUT2D eigenvalue weighted by atomic mass is 79.9. The second-order valence-corrected chi connectivity index (χ2v) is 6.66. The lowest BCUT2D eigenvalue weighted by atomic mass is 10.1. The summed E-state index contributed by atoms with van der Waals surface area (Å²) in [6.45, 7) is 0. The lowest BCUT2D eigenvalue weighted by molar-refractivity contribution is 0.600. The first-order chi connectivity index (χ1) is 8.61. The Bertz CT molecular complexity index is 520. The molecule has 0 spiro atoms. The molecule has 2 rings (SSSR count). The number of hydrogen-bond acceptors (Lipinski definition) is 3. The molecule has 0 aliphatic carbocycles. The van der Waals surface area contributed by atoms with Crippen LogP contribution in [0.2, 0.25) is 0 Å². The number of nitrogens with zero attached hydrogens (tertiary/aromatic N) is 1. The summed E-state index contributed by atoms with van der Waals surface area (Å²) in [4.78, 5) is 0. The molecule has 1 saturated heterocycles. The Balaban J connectivity index is 2.13. The summed E-state index contributed by atoms with van der Waals surface area (Å²) in [7, 11) is -0.720. The minimum atomic E-state index is -0.720.